The van der Waals surface area contributed by atoms with Crippen LogP contribution in [0.25, 0.3) is 0 Å². The van der Waals surface area contributed by atoms with E-state index in [-0.39, 0.29) is 5.54 Å². The summed E-state index contributed by atoms with van der Waals surface area (Å²) in [7, 11) is 1.74. The van der Waals surface area contributed by atoms with Crippen LogP contribution in [0.5, 0.6) is 5.75 Å². The van der Waals surface area contributed by atoms with E-state index < -0.39 is 0 Å². The van der Waals surface area contributed by atoms with Crippen molar-refractivity contribution in [3.63, 3.8) is 0 Å². The molecule has 2 N–H and O–H groups in total. The van der Waals surface area contributed by atoms with Gasteiger partial charge in [-0.05, 0) is 57.8 Å². The fourth-order valence-electron chi connectivity index (χ4n) is 2.67. The minimum absolute atomic E-state index is 0.0392. The molecule has 0 bridgehead atoms. The molecule has 1 aromatic carbocycles. The van der Waals surface area contributed by atoms with Gasteiger partial charge in [0.05, 0.1) is 7.11 Å². The fraction of sp³-hybridized carbons (Fsp3) is 0.625. The lowest BCUT2D eigenvalue weighted by molar-refractivity contribution is 0.173. The minimum Gasteiger partial charge on any atom is -0.496 e. The van der Waals surface area contributed by atoms with Gasteiger partial charge in [-0.25, -0.2) is 0 Å². The number of methoxy groups -OCH3 is 1. The third kappa shape index (κ3) is 3.95. The summed E-state index contributed by atoms with van der Waals surface area (Å²) in [5.74, 6) is 1.01. The second kappa shape index (κ2) is 5.93. The molecule has 0 saturated carbocycles. The van der Waals surface area contributed by atoms with Crippen LogP contribution in [0.2, 0.25) is 0 Å². The number of ether oxygens (including phenoxy) is 1. The van der Waals surface area contributed by atoms with Crippen LogP contribution >= 0.6 is 0 Å². The van der Waals surface area contributed by atoms with Crippen molar-refractivity contribution in [1.29, 1.82) is 0 Å². The first kappa shape index (κ1) is 14.4. The van der Waals surface area contributed by atoms with Crippen LogP contribution in [0.3, 0.4) is 0 Å². The molecular formula is C16H26N2O. The van der Waals surface area contributed by atoms with Gasteiger partial charge in [-0.3, -0.25) is 0 Å². The van der Waals surface area contributed by atoms with E-state index in [0.29, 0.717) is 0 Å². The molecule has 1 aliphatic rings. The molecule has 3 nitrogen and oxygen atoms in total. The van der Waals surface area contributed by atoms with Gasteiger partial charge < -0.3 is 15.4 Å². The quantitative estimate of drug-likeness (QED) is 0.905. The molecule has 0 aromatic heterocycles. The fourth-order valence-corrected chi connectivity index (χ4v) is 2.67. The Balaban J connectivity index is 1.91. The number of nitrogens with zero attached hydrogens (tertiary/aromatic N) is 1. The smallest absolute Gasteiger partial charge is 0.122 e. The summed E-state index contributed by atoms with van der Waals surface area (Å²) in [6.07, 6.45) is 3.24. The van der Waals surface area contributed by atoms with Gasteiger partial charge in [-0.15, -0.1) is 0 Å². The Morgan fingerprint density at radius 3 is 2.63 bits per heavy atom. The van der Waals surface area contributed by atoms with Crippen molar-refractivity contribution in [2.24, 2.45) is 5.73 Å². The Morgan fingerprint density at radius 2 is 2.00 bits per heavy atom. The number of rotatable bonds is 4. The topological polar surface area (TPSA) is 38.5 Å². The van der Waals surface area contributed by atoms with E-state index in [2.05, 4.69) is 36.9 Å². The zero-order chi connectivity index (χ0) is 13.9. The third-order valence-electron chi connectivity index (χ3n) is 4.13. The SMILES string of the molecule is COc1ccc(C)cc1CCN1CCC(C)(N)CC1. The molecule has 0 amide bonds. The monoisotopic (exact) mass is 262 g/mol. The molecule has 1 aliphatic heterocycles. The van der Waals surface area contributed by atoms with Gasteiger partial charge in [-0.1, -0.05) is 17.7 Å². The summed E-state index contributed by atoms with van der Waals surface area (Å²) in [5.41, 5.74) is 8.81. The predicted molar refractivity (Wildman–Crippen MR) is 79.7 cm³/mol. The summed E-state index contributed by atoms with van der Waals surface area (Å²) < 4.78 is 5.43. The molecule has 1 saturated heterocycles. The largest absolute Gasteiger partial charge is 0.496 e. The van der Waals surface area contributed by atoms with E-state index in [1.165, 1.54) is 11.1 Å². The van der Waals surface area contributed by atoms with Crippen LogP contribution in [-0.4, -0.2) is 37.2 Å². The minimum atomic E-state index is 0.0392. The second-order valence-corrected chi connectivity index (χ2v) is 6.06. The van der Waals surface area contributed by atoms with Gasteiger partial charge in [0.25, 0.3) is 0 Å². The van der Waals surface area contributed by atoms with Crippen LogP contribution in [0, 0.1) is 6.92 Å². The maximum absolute atomic E-state index is 6.17. The lowest BCUT2D eigenvalue weighted by Crippen LogP contribution is -2.48. The van der Waals surface area contributed by atoms with E-state index in [0.717, 1.165) is 44.6 Å². The number of piperidine rings is 1. The van der Waals surface area contributed by atoms with Gasteiger partial charge in [0.1, 0.15) is 5.75 Å². The highest BCUT2D eigenvalue weighted by molar-refractivity contribution is 5.37. The Labute approximate surface area is 116 Å². The summed E-state index contributed by atoms with van der Waals surface area (Å²) >= 11 is 0. The molecule has 1 heterocycles. The van der Waals surface area contributed by atoms with Crippen LogP contribution in [-0.2, 0) is 6.42 Å². The molecule has 1 aromatic rings. The highest BCUT2D eigenvalue weighted by atomic mass is 16.5. The van der Waals surface area contributed by atoms with Crippen molar-refractivity contribution in [3.05, 3.63) is 29.3 Å². The Bertz CT molecular complexity index is 419. The average Bonchev–Trinajstić information content (AvgIpc) is 2.38. The maximum Gasteiger partial charge on any atom is 0.122 e. The summed E-state index contributed by atoms with van der Waals surface area (Å²) in [6.45, 7) is 7.61. The van der Waals surface area contributed by atoms with Crippen molar-refractivity contribution >= 4 is 0 Å². The normalized spacial score (nSPS) is 19.4. The number of aryl methyl sites for hydroxylation is 1. The molecule has 106 valence electrons. The Kier molecular flexibility index (Phi) is 4.48. The summed E-state index contributed by atoms with van der Waals surface area (Å²) in [4.78, 5) is 2.51. The van der Waals surface area contributed by atoms with Crippen molar-refractivity contribution in [2.45, 2.75) is 38.6 Å². The molecule has 1 fully saturated rings. The lowest BCUT2D eigenvalue weighted by atomic mass is 9.91. The molecule has 0 atom stereocenters. The molecule has 0 spiro atoms. The standard InChI is InChI=1S/C16H26N2O/c1-13-4-5-15(19-3)14(12-13)6-9-18-10-7-16(2,17)8-11-18/h4-5,12H,6-11,17H2,1-3H3. The lowest BCUT2D eigenvalue weighted by Gasteiger charge is -2.36. The van der Waals surface area contributed by atoms with E-state index in [9.17, 15) is 0 Å². The van der Waals surface area contributed by atoms with Crippen molar-refractivity contribution in [3.8, 4) is 5.75 Å². The van der Waals surface area contributed by atoms with Crippen LogP contribution < -0.4 is 10.5 Å². The average molecular weight is 262 g/mol. The van der Waals surface area contributed by atoms with E-state index in [1.54, 1.807) is 7.11 Å². The van der Waals surface area contributed by atoms with Crippen molar-refractivity contribution in [1.82, 2.24) is 4.90 Å². The molecule has 3 heteroatoms. The molecule has 0 radical (unpaired) electrons. The first-order valence-electron chi connectivity index (χ1n) is 7.15. The second-order valence-electron chi connectivity index (χ2n) is 6.06. The van der Waals surface area contributed by atoms with E-state index in [1.807, 2.05) is 0 Å². The van der Waals surface area contributed by atoms with Gasteiger partial charge in [0, 0.05) is 12.1 Å². The highest BCUT2D eigenvalue weighted by Gasteiger charge is 2.25. The van der Waals surface area contributed by atoms with Crippen molar-refractivity contribution in [2.75, 3.05) is 26.7 Å². The highest BCUT2D eigenvalue weighted by Crippen LogP contribution is 2.22. The van der Waals surface area contributed by atoms with Crippen LogP contribution in [0.1, 0.15) is 30.9 Å². The predicted octanol–water partition coefficient (Wildman–Crippen LogP) is 2.36. The van der Waals surface area contributed by atoms with E-state index in [4.69, 9.17) is 10.5 Å². The zero-order valence-electron chi connectivity index (χ0n) is 12.4. The van der Waals surface area contributed by atoms with Gasteiger partial charge >= 0.3 is 0 Å². The number of nitrogens with two attached hydrogens (primary N) is 1. The van der Waals surface area contributed by atoms with Crippen LogP contribution in [0.4, 0.5) is 0 Å². The molecule has 0 aliphatic carbocycles. The summed E-state index contributed by atoms with van der Waals surface area (Å²) in [6, 6.07) is 6.40. The maximum atomic E-state index is 6.17. The van der Waals surface area contributed by atoms with Crippen LogP contribution in [0.15, 0.2) is 18.2 Å². The van der Waals surface area contributed by atoms with Gasteiger partial charge in [0.2, 0.25) is 0 Å². The molecular weight excluding hydrogens is 236 g/mol. The molecule has 19 heavy (non-hydrogen) atoms. The first-order valence-corrected chi connectivity index (χ1v) is 7.15. The van der Waals surface area contributed by atoms with Gasteiger partial charge in [0.15, 0.2) is 0 Å². The third-order valence-corrected chi connectivity index (χ3v) is 4.13. The number of benzene rings is 1. The first-order chi connectivity index (χ1) is 9.00. The number of hydrogen-bond acceptors (Lipinski definition) is 3. The Hall–Kier alpha value is -1.06. The van der Waals surface area contributed by atoms with E-state index >= 15 is 0 Å². The van der Waals surface area contributed by atoms with Gasteiger partial charge in [-0.2, -0.15) is 0 Å². The molecule has 2 rings (SSSR count). The molecule has 0 unspecified atom stereocenters. The number of hydrogen-bond donors (Lipinski definition) is 1. The Morgan fingerprint density at radius 1 is 1.32 bits per heavy atom. The van der Waals surface area contributed by atoms with Crippen molar-refractivity contribution < 1.29 is 4.74 Å². The zero-order valence-corrected chi connectivity index (χ0v) is 12.4. The summed E-state index contributed by atoms with van der Waals surface area (Å²) in [5, 5.41) is 0. The number of likely N-dealkylation sites (tertiary alicyclic amines) is 1.